The van der Waals surface area contributed by atoms with E-state index in [9.17, 15) is 24.0 Å². The Hall–Kier alpha value is -2.32. The number of aryl methyl sites for hydroxylation is 1. The van der Waals surface area contributed by atoms with E-state index in [1.807, 2.05) is 13.8 Å². The minimum atomic E-state index is -9.73. The van der Waals surface area contributed by atoms with Crippen LogP contribution in [0, 0.1) is 0 Å². The summed E-state index contributed by atoms with van der Waals surface area (Å²) in [4.78, 5) is 2.37. The van der Waals surface area contributed by atoms with Gasteiger partial charge in [0.05, 0.1) is 12.0 Å². The van der Waals surface area contributed by atoms with Crippen LogP contribution in [0.15, 0.2) is 59.9 Å². The molecule has 1 N–H and O–H groups in total. The van der Waals surface area contributed by atoms with E-state index >= 15 is 0 Å². The normalized spacial score (nSPS) is 14.7. The molecule has 170 valence electrons. The van der Waals surface area contributed by atoms with Crippen molar-refractivity contribution >= 4 is 34.0 Å². The monoisotopic (exact) mass is 479 g/mol. The number of nitrogens with one attached hydrogen (secondary N) is 1. The van der Waals surface area contributed by atoms with Crippen LogP contribution < -0.4 is 10.6 Å². The zero-order valence-electron chi connectivity index (χ0n) is 17.2. The lowest BCUT2D eigenvalue weighted by molar-refractivity contribution is 0.364. The predicted molar refractivity (Wildman–Crippen MR) is 118 cm³/mol. The Bertz CT molecular complexity index is 1150. The maximum absolute atomic E-state index is 13.2. The molecule has 0 aliphatic carbocycles. The minimum absolute atomic E-state index is 0.199. The number of nitrogens with zero attached hydrogens (tertiary/aromatic N) is 2. The fourth-order valence-electron chi connectivity index (χ4n) is 3.20. The fraction of sp³-hybridized carbons (Fsp3) is 0.250. The van der Waals surface area contributed by atoms with E-state index in [0.717, 1.165) is 12.1 Å². The van der Waals surface area contributed by atoms with Gasteiger partial charge in [-0.15, -0.1) is 0 Å². The molecule has 3 aromatic rings. The molecule has 11 heteroatoms. The predicted octanol–water partition coefficient (Wildman–Crippen LogP) is 7.52. The number of aromatic nitrogens is 2. The van der Waals surface area contributed by atoms with Crippen LogP contribution in [0.25, 0.3) is 11.3 Å². The zero-order chi connectivity index (χ0) is 23.1. The van der Waals surface area contributed by atoms with Crippen molar-refractivity contribution in [1.29, 1.82) is 0 Å². The number of hydrogen-bond donors (Lipinski definition) is 1. The van der Waals surface area contributed by atoms with Gasteiger partial charge in [-0.1, -0.05) is 33.3 Å². The van der Waals surface area contributed by atoms with Crippen LogP contribution in [0.4, 0.5) is 30.8 Å². The Morgan fingerprint density at radius 1 is 1.00 bits per heavy atom. The van der Waals surface area contributed by atoms with E-state index in [1.54, 1.807) is 42.3 Å². The summed E-state index contributed by atoms with van der Waals surface area (Å²) in [5.74, 6) is 0. The standard InChI is InChI=1S/C20H23F5N3OPS/c1-4-30(29,5-2)16-8-11-19(18(12-16)20-13-28(3)14-26-20)27-15-6-9-17(10-7-15)31(21,22,23,24)25/h6-14,27H,4-5H2,1-3H3. The van der Waals surface area contributed by atoms with Gasteiger partial charge in [-0.2, -0.15) is 0 Å². The van der Waals surface area contributed by atoms with E-state index in [2.05, 4.69) is 10.3 Å². The van der Waals surface area contributed by atoms with Crippen LogP contribution in [0.2, 0.25) is 0 Å². The van der Waals surface area contributed by atoms with E-state index in [0.29, 0.717) is 46.7 Å². The zero-order valence-corrected chi connectivity index (χ0v) is 18.9. The number of halogens is 5. The molecule has 2 aromatic carbocycles. The van der Waals surface area contributed by atoms with Crippen LogP contribution in [-0.2, 0) is 11.6 Å². The van der Waals surface area contributed by atoms with Gasteiger partial charge in [0.1, 0.15) is 12.0 Å². The molecular weight excluding hydrogens is 456 g/mol. The van der Waals surface area contributed by atoms with Crippen LogP contribution in [-0.4, -0.2) is 21.9 Å². The summed E-state index contributed by atoms with van der Waals surface area (Å²) in [7, 11) is -10.5. The molecule has 1 heterocycles. The highest BCUT2D eigenvalue weighted by Crippen LogP contribution is 3.02. The van der Waals surface area contributed by atoms with Crippen molar-refractivity contribution in [3.63, 3.8) is 0 Å². The van der Waals surface area contributed by atoms with Crippen LogP contribution >= 0.6 is 17.4 Å². The largest absolute Gasteiger partial charge is 0.355 e. The average Bonchev–Trinajstić information content (AvgIpc) is 3.12. The lowest BCUT2D eigenvalue weighted by Gasteiger charge is -2.40. The molecule has 0 saturated heterocycles. The van der Waals surface area contributed by atoms with Crippen molar-refractivity contribution in [1.82, 2.24) is 9.55 Å². The van der Waals surface area contributed by atoms with Gasteiger partial charge >= 0.3 is 10.2 Å². The molecule has 0 atom stereocenters. The topological polar surface area (TPSA) is 46.9 Å². The summed E-state index contributed by atoms with van der Waals surface area (Å²) in [5.41, 5.74) is 1.89. The molecular formula is C20H23F5N3OPS. The fourth-order valence-corrected chi connectivity index (χ4v) is 5.74. The highest BCUT2D eigenvalue weighted by molar-refractivity contribution is 8.45. The third-order valence-electron chi connectivity index (χ3n) is 5.05. The van der Waals surface area contributed by atoms with Gasteiger partial charge in [-0.3, -0.25) is 0 Å². The summed E-state index contributed by atoms with van der Waals surface area (Å²) < 4.78 is 79.7. The number of rotatable bonds is 7. The Morgan fingerprint density at radius 2 is 1.61 bits per heavy atom. The Balaban J connectivity index is 2.04. The summed E-state index contributed by atoms with van der Waals surface area (Å²) in [6.45, 7) is 3.72. The van der Waals surface area contributed by atoms with Crippen LogP contribution in [0.3, 0.4) is 0 Å². The number of benzene rings is 2. The number of anilines is 2. The van der Waals surface area contributed by atoms with Crippen molar-refractivity contribution in [2.75, 3.05) is 17.6 Å². The SMILES string of the molecule is CCP(=O)(CC)c1ccc(Nc2ccc(S(F)(F)(F)(F)F)cc2)c(-c2cn(C)cn2)c1. The highest BCUT2D eigenvalue weighted by Gasteiger charge is 2.65. The van der Waals surface area contributed by atoms with E-state index in [-0.39, 0.29) is 5.69 Å². The Morgan fingerprint density at radius 3 is 2.10 bits per heavy atom. The van der Waals surface area contributed by atoms with Crippen molar-refractivity contribution in [2.24, 2.45) is 7.05 Å². The van der Waals surface area contributed by atoms with E-state index < -0.39 is 22.3 Å². The second-order valence-corrected chi connectivity index (χ2v) is 13.3. The Labute approximate surface area is 177 Å². The van der Waals surface area contributed by atoms with Gasteiger partial charge in [-0.05, 0) is 42.5 Å². The molecule has 0 radical (unpaired) electrons. The first-order valence-electron chi connectivity index (χ1n) is 9.47. The van der Waals surface area contributed by atoms with Gasteiger partial charge in [0.25, 0.3) is 0 Å². The first-order valence-corrected chi connectivity index (χ1v) is 13.5. The molecule has 0 spiro atoms. The van der Waals surface area contributed by atoms with Crippen molar-refractivity contribution in [3.05, 3.63) is 55.0 Å². The van der Waals surface area contributed by atoms with Gasteiger partial charge in [0.2, 0.25) is 0 Å². The summed E-state index contributed by atoms with van der Waals surface area (Å²) in [6, 6.07) is 7.78. The summed E-state index contributed by atoms with van der Waals surface area (Å²) in [6.07, 6.45) is 4.33. The molecule has 1 aromatic heterocycles. The molecule has 0 aliphatic rings. The lowest BCUT2D eigenvalue weighted by Crippen LogP contribution is -2.10. The van der Waals surface area contributed by atoms with Crippen LogP contribution in [0.5, 0.6) is 0 Å². The smallest absolute Gasteiger partial charge is 0.310 e. The molecule has 4 nitrogen and oxygen atoms in total. The van der Waals surface area contributed by atoms with Crippen LogP contribution in [0.1, 0.15) is 13.8 Å². The highest BCUT2D eigenvalue weighted by atomic mass is 32.5. The Kier molecular flexibility index (Phi) is 5.35. The molecule has 3 rings (SSSR count). The molecule has 0 amide bonds. The molecule has 0 fully saturated rings. The maximum Gasteiger partial charge on any atom is 0.310 e. The average molecular weight is 479 g/mol. The molecule has 0 aliphatic heterocycles. The van der Waals surface area contributed by atoms with Gasteiger partial charge in [-0.25, -0.2) is 4.98 Å². The summed E-state index contributed by atoms with van der Waals surface area (Å²) in [5, 5.41) is 3.64. The second-order valence-electron chi connectivity index (χ2n) is 7.29. The van der Waals surface area contributed by atoms with Gasteiger partial charge in [0, 0.05) is 47.8 Å². The third kappa shape index (κ3) is 5.13. The van der Waals surface area contributed by atoms with Gasteiger partial charge < -0.3 is 14.4 Å². The van der Waals surface area contributed by atoms with Gasteiger partial charge in [0.15, 0.2) is 0 Å². The third-order valence-corrected chi connectivity index (χ3v) is 9.48. The lowest BCUT2D eigenvalue weighted by atomic mass is 10.1. The summed E-state index contributed by atoms with van der Waals surface area (Å²) >= 11 is 0. The minimum Gasteiger partial charge on any atom is -0.355 e. The van der Waals surface area contributed by atoms with E-state index in [4.69, 9.17) is 0 Å². The molecule has 31 heavy (non-hydrogen) atoms. The quantitative estimate of drug-likeness (QED) is 0.282. The van der Waals surface area contributed by atoms with Crippen molar-refractivity contribution in [2.45, 2.75) is 18.7 Å². The second kappa shape index (κ2) is 7.10. The van der Waals surface area contributed by atoms with Crippen molar-refractivity contribution < 1.29 is 24.0 Å². The molecule has 0 saturated carbocycles. The molecule has 0 unspecified atom stereocenters. The van der Waals surface area contributed by atoms with E-state index in [1.165, 1.54) is 0 Å². The first-order chi connectivity index (χ1) is 14.1. The number of hydrogen-bond acceptors (Lipinski definition) is 3. The first kappa shape index (κ1) is 23.3. The number of imidazole rings is 1. The molecule has 0 bridgehead atoms. The maximum atomic E-state index is 13.2. The van der Waals surface area contributed by atoms with Crippen molar-refractivity contribution in [3.8, 4) is 11.3 Å².